The number of benzene rings is 3. The molecule has 1 heterocycles. The largest absolute Gasteiger partial charge is 0.497 e. The van der Waals surface area contributed by atoms with Crippen molar-refractivity contribution in [1.29, 1.82) is 0 Å². The van der Waals surface area contributed by atoms with E-state index in [0.717, 1.165) is 25.9 Å². The van der Waals surface area contributed by atoms with Gasteiger partial charge in [-0.2, -0.15) is 0 Å². The number of anilines is 3. The Balaban J connectivity index is 1.38. The fraction of sp³-hybridized carbons (Fsp3) is 0.231. The van der Waals surface area contributed by atoms with Crippen molar-refractivity contribution in [2.24, 2.45) is 5.92 Å². The molecule has 3 aromatic rings. The van der Waals surface area contributed by atoms with E-state index in [1.54, 1.807) is 49.6 Å². The molecule has 3 aromatic carbocycles. The smallest absolute Gasteiger partial charge is 0.257 e. The second-order valence-electron chi connectivity index (χ2n) is 7.81. The first-order valence-corrected chi connectivity index (χ1v) is 10.8. The maximum absolute atomic E-state index is 12.9. The van der Waals surface area contributed by atoms with Gasteiger partial charge in [-0.1, -0.05) is 30.3 Å². The average Bonchev–Trinajstić information content (AvgIpc) is 2.85. The van der Waals surface area contributed by atoms with Gasteiger partial charge in [0.25, 0.3) is 5.91 Å². The Morgan fingerprint density at radius 2 is 1.50 bits per heavy atom. The van der Waals surface area contributed by atoms with E-state index in [1.807, 2.05) is 24.3 Å². The Kier molecular flexibility index (Phi) is 6.70. The van der Waals surface area contributed by atoms with Crippen molar-refractivity contribution in [3.63, 3.8) is 0 Å². The van der Waals surface area contributed by atoms with Crippen LogP contribution >= 0.6 is 0 Å². The van der Waals surface area contributed by atoms with E-state index in [0.29, 0.717) is 22.7 Å². The first kappa shape index (κ1) is 21.4. The van der Waals surface area contributed by atoms with Crippen LogP contribution in [0, 0.1) is 5.92 Å². The first-order chi connectivity index (χ1) is 15.6. The number of nitrogens with zero attached hydrogens (tertiary/aromatic N) is 1. The maximum Gasteiger partial charge on any atom is 0.257 e. The molecule has 0 radical (unpaired) electrons. The molecule has 0 unspecified atom stereocenters. The highest BCUT2D eigenvalue weighted by Gasteiger charge is 2.26. The number of hydrogen-bond donors (Lipinski definition) is 2. The molecular weight excluding hydrogens is 402 g/mol. The topological polar surface area (TPSA) is 70.7 Å². The summed E-state index contributed by atoms with van der Waals surface area (Å²) in [6, 6.07) is 24.5. The van der Waals surface area contributed by atoms with Crippen LogP contribution in [0.25, 0.3) is 0 Å². The van der Waals surface area contributed by atoms with E-state index in [-0.39, 0.29) is 17.7 Å². The number of methoxy groups -OCH3 is 1. The molecule has 1 aliphatic heterocycles. The predicted molar refractivity (Wildman–Crippen MR) is 127 cm³/mol. The number of rotatable bonds is 6. The van der Waals surface area contributed by atoms with Crippen molar-refractivity contribution in [3.05, 3.63) is 84.4 Å². The Hall–Kier alpha value is -3.80. The summed E-state index contributed by atoms with van der Waals surface area (Å²) in [4.78, 5) is 28.1. The van der Waals surface area contributed by atoms with Gasteiger partial charge in [0.15, 0.2) is 0 Å². The zero-order valence-electron chi connectivity index (χ0n) is 18.1. The fourth-order valence-corrected chi connectivity index (χ4v) is 3.94. The minimum atomic E-state index is -0.273. The SMILES string of the molecule is COc1ccc(NC(=O)c2ccccc2NC(=O)C2CCN(c3ccccc3)CC2)cc1. The fourth-order valence-electron chi connectivity index (χ4n) is 3.94. The highest BCUT2D eigenvalue weighted by atomic mass is 16.5. The summed E-state index contributed by atoms with van der Waals surface area (Å²) in [5.74, 6) is 0.328. The molecule has 2 amide bonds. The number of para-hydroxylation sites is 2. The van der Waals surface area contributed by atoms with E-state index in [2.05, 4.69) is 27.7 Å². The molecule has 1 aliphatic rings. The molecule has 4 rings (SSSR count). The molecule has 0 bridgehead atoms. The van der Waals surface area contributed by atoms with Gasteiger partial charge in [-0.25, -0.2) is 0 Å². The lowest BCUT2D eigenvalue weighted by Gasteiger charge is -2.33. The molecule has 32 heavy (non-hydrogen) atoms. The number of ether oxygens (including phenoxy) is 1. The standard InChI is InChI=1S/C26H27N3O3/c1-32-22-13-11-20(12-14-22)27-26(31)23-9-5-6-10-24(23)28-25(30)19-15-17-29(18-16-19)21-7-3-2-4-8-21/h2-14,19H,15-18H2,1H3,(H,27,31)(H,28,30). The van der Waals surface area contributed by atoms with E-state index in [1.165, 1.54) is 5.69 Å². The first-order valence-electron chi connectivity index (χ1n) is 10.8. The Labute approximate surface area is 188 Å². The molecule has 0 atom stereocenters. The van der Waals surface area contributed by atoms with Crippen molar-refractivity contribution >= 4 is 28.9 Å². The monoisotopic (exact) mass is 429 g/mol. The summed E-state index contributed by atoms with van der Waals surface area (Å²) in [6.45, 7) is 1.67. The number of nitrogens with one attached hydrogen (secondary N) is 2. The van der Waals surface area contributed by atoms with Crippen molar-refractivity contribution in [3.8, 4) is 5.75 Å². The van der Waals surface area contributed by atoms with E-state index in [9.17, 15) is 9.59 Å². The van der Waals surface area contributed by atoms with Crippen LogP contribution in [0.2, 0.25) is 0 Å². The zero-order valence-corrected chi connectivity index (χ0v) is 18.1. The van der Waals surface area contributed by atoms with Crippen LogP contribution in [0.15, 0.2) is 78.9 Å². The lowest BCUT2D eigenvalue weighted by molar-refractivity contribution is -0.120. The molecule has 0 saturated carbocycles. The second kappa shape index (κ2) is 10.0. The molecule has 0 aromatic heterocycles. The number of amides is 2. The van der Waals surface area contributed by atoms with E-state index >= 15 is 0 Å². The van der Waals surface area contributed by atoms with Gasteiger partial charge in [-0.05, 0) is 61.4 Å². The normalized spacial score (nSPS) is 14.0. The molecule has 0 aliphatic carbocycles. The van der Waals surface area contributed by atoms with Gasteiger partial charge in [0, 0.05) is 30.4 Å². The summed E-state index contributed by atoms with van der Waals surface area (Å²) in [7, 11) is 1.60. The summed E-state index contributed by atoms with van der Waals surface area (Å²) < 4.78 is 5.15. The van der Waals surface area contributed by atoms with Gasteiger partial charge in [0.2, 0.25) is 5.91 Å². The van der Waals surface area contributed by atoms with Gasteiger partial charge >= 0.3 is 0 Å². The summed E-state index contributed by atoms with van der Waals surface area (Å²) in [5.41, 5.74) is 2.80. The minimum Gasteiger partial charge on any atom is -0.497 e. The minimum absolute atomic E-state index is 0.0394. The quantitative estimate of drug-likeness (QED) is 0.590. The third-order valence-electron chi connectivity index (χ3n) is 5.76. The van der Waals surface area contributed by atoms with Crippen molar-refractivity contribution in [2.45, 2.75) is 12.8 Å². The van der Waals surface area contributed by atoms with E-state index in [4.69, 9.17) is 4.74 Å². The van der Waals surface area contributed by atoms with Crippen LogP contribution in [0.4, 0.5) is 17.1 Å². The van der Waals surface area contributed by atoms with Crippen molar-refractivity contribution < 1.29 is 14.3 Å². The second-order valence-corrected chi connectivity index (χ2v) is 7.81. The maximum atomic E-state index is 12.9. The lowest BCUT2D eigenvalue weighted by Crippen LogP contribution is -2.38. The van der Waals surface area contributed by atoms with Gasteiger partial charge < -0.3 is 20.3 Å². The summed E-state index contributed by atoms with van der Waals surface area (Å²) in [5, 5.41) is 5.86. The van der Waals surface area contributed by atoms with Gasteiger partial charge in [-0.15, -0.1) is 0 Å². The Bertz CT molecular complexity index is 1060. The molecule has 0 spiro atoms. The highest BCUT2D eigenvalue weighted by Crippen LogP contribution is 2.25. The summed E-state index contributed by atoms with van der Waals surface area (Å²) in [6.07, 6.45) is 1.56. The lowest BCUT2D eigenvalue weighted by atomic mass is 9.95. The third-order valence-corrected chi connectivity index (χ3v) is 5.76. The van der Waals surface area contributed by atoms with Crippen LogP contribution < -0.4 is 20.3 Å². The van der Waals surface area contributed by atoms with Gasteiger partial charge in [-0.3, -0.25) is 9.59 Å². The average molecular weight is 430 g/mol. The zero-order chi connectivity index (χ0) is 22.3. The van der Waals surface area contributed by atoms with Crippen LogP contribution in [0.5, 0.6) is 5.75 Å². The highest BCUT2D eigenvalue weighted by molar-refractivity contribution is 6.10. The van der Waals surface area contributed by atoms with Crippen LogP contribution in [0.3, 0.4) is 0 Å². The van der Waals surface area contributed by atoms with Crippen LogP contribution in [-0.4, -0.2) is 32.0 Å². The summed E-state index contributed by atoms with van der Waals surface area (Å²) >= 11 is 0. The Morgan fingerprint density at radius 1 is 0.844 bits per heavy atom. The van der Waals surface area contributed by atoms with Crippen LogP contribution in [0.1, 0.15) is 23.2 Å². The molecule has 6 heteroatoms. The molecule has 2 N–H and O–H groups in total. The molecular formula is C26H27N3O3. The van der Waals surface area contributed by atoms with Crippen molar-refractivity contribution in [2.75, 3.05) is 35.7 Å². The third kappa shape index (κ3) is 5.09. The number of carbonyl (C=O) groups is 2. The molecule has 1 fully saturated rings. The van der Waals surface area contributed by atoms with Crippen molar-refractivity contribution in [1.82, 2.24) is 0 Å². The van der Waals surface area contributed by atoms with E-state index < -0.39 is 0 Å². The van der Waals surface area contributed by atoms with Crippen LogP contribution in [-0.2, 0) is 4.79 Å². The van der Waals surface area contributed by atoms with Gasteiger partial charge in [0.1, 0.15) is 5.75 Å². The number of carbonyl (C=O) groups excluding carboxylic acids is 2. The number of piperidine rings is 1. The number of hydrogen-bond acceptors (Lipinski definition) is 4. The van der Waals surface area contributed by atoms with Gasteiger partial charge in [0.05, 0.1) is 18.4 Å². The Morgan fingerprint density at radius 3 is 2.19 bits per heavy atom. The molecule has 1 saturated heterocycles. The molecule has 164 valence electrons. The predicted octanol–water partition coefficient (Wildman–Crippen LogP) is 4.80. The molecule has 6 nitrogen and oxygen atoms in total.